The number of nitrogens with zero attached hydrogens (tertiary/aromatic N) is 1. The summed E-state index contributed by atoms with van der Waals surface area (Å²) in [7, 11) is 3.51. The summed E-state index contributed by atoms with van der Waals surface area (Å²) in [6, 6.07) is 0. The molecule has 0 spiro atoms. The van der Waals surface area contributed by atoms with Gasteiger partial charge in [0.15, 0.2) is 6.73 Å². The summed E-state index contributed by atoms with van der Waals surface area (Å²) >= 11 is 3.29. The van der Waals surface area contributed by atoms with Crippen LogP contribution in [0.4, 0.5) is 0 Å². The second-order valence-electron chi connectivity index (χ2n) is 5.63. The van der Waals surface area contributed by atoms with E-state index in [9.17, 15) is 19.2 Å². The number of aromatic nitrogens is 1. The van der Waals surface area contributed by atoms with Crippen molar-refractivity contribution in [2.45, 2.75) is 38.5 Å². The van der Waals surface area contributed by atoms with Crippen LogP contribution in [0.15, 0.2) is 9.32 Å². The van der Waals surface area contributed by atoms with Gasteiger partial charge in [-0.25, -0.2) is 9.59 Å². The van der Waals surface area contributed by atoms with Crippen LogP contribution in [0.25, 0.3) is 0 Å². The molecule has 0 aliphatic carbocycles. The molecule has 0 fully saturated rings. The molecule has 1 aromatic heterocycles. The first kappa shape index (κ1) is 22.9. The lowest BCUT2D eigenvalue weighted by Crippen LogP contribution is -2.62. The highest BCUT2D eigenvalue weighted by Gasteiger charge is 2.51. The second kappa shape index (κ2) is 10.3. The number of alkyl halides is 1. The van der Waals surface area contributed by atoms with Gasteiger partial charge in [-0.1, -0.05) is 15.9 Å². The minimum absolute atomic E-state index is 0.0533. The van der Waals surface area contributed by atoms with Crippen LogP contribution in [0.2, 0.25) is 0 Å². The summed E-state index contributed by atoms with van der Waals surface area (Å²) in [4.78, 5) is 49.2. The van der Waals surface area contributed by atoms with Crippen LogP contribution in [0.3, 0.4) is 0 Å². The Labute approximate surface area is 164 Å². The van der Waals surface area contributed by atoms with Gasteiger partial charge < -0.3 is 24.1 Å². The van der Waals surface area contributed by atoms with E-state index >= 15 is 0 Å². The van der Waals surface area contributed by atoms with Crippen LogP contribution in [0, 0.1) is 0 Å². The van der Waals surface area contributed by atoms with Crippen LogP contribution in [0.5, 0.6) is 0 Å². The molecule has 0 unspecified atom stereocenters. The van der Waals surface area contributed by atoms with Gasteiger partial charge in [-0.3, -0.25) is 9.59 Å². The standard InChI is InChI=1S/C16H23BrN2O8/c1-10(20)18-16(14(22)25-3,15(23)26-4)8-11-12(6-5-7-17)27-19(9-24-2)13(11)21/h5-9H2,1-4H3,(H,18,20). The van der Waals surface area contributed by atoms with Gasteiger partial charge in [0.2, 0.25) is 11.4 Å². The molecule has 0 bridgehead atoms. The van der Waals surface area contributed by atoms with Crippen molar-refractivity contribution in [3.05, 3.63) is 21.7 Å². The average molecular weight is 451 g/mol. The first-order valence-corrected chi connectivity index (χ1v) is 9.11. The summed E-state index contributed by atoms with van der Waals surface area (Å²) in [5.74, 6) is -2.52. The lowest BCUT2D eigenvalue weighted by atomic mass is 9.90. The van der Waals surface area contributed by atoms with E-state index in [0.717, 1.165) is 25.9 Å². The number of hydrogen-bond donors (Lipinski definition) is 1. The average Bonchev–Trinajstić information content (AvgIpc) is 2.92. The molecule has 0 aliphatic rings. The minimum Gasteiger partial charge on any atom is -0.467 e. The number of amides is 1. The zero-order chi connectivity index (χ0) is 20.6. The summed E-state index contributed by atoms with van der Waals surface area (Å²) in [6.07, 6.45) is 0.518. The zero-order valence-electron chi connectivity index (χ0n) is 15.6. The molecule has 1 heterocycles. The van der Waals surface area contributed by atoms with Crippen molar-refractivity contribution < 1.29 is 33.1 Å². The SMILES string of the molecule is COCn1oc(CCCBr)c(CC(NC(C)=O)(C(=O)OC)C(=O)OC)c1=O. The van der Waals surface area contributed by atoms with Crippen LogP contribution in [0.1, 0.15) is 24.7 Å². The predicted octanol–water partition coefficient (Wildman–Crippen LogP) is 0.136. The van der Waals surface area contributed by atoms with Crippen molar-refractivity contribution >= 4 is 33.8 Å². The molecule has 1 N–H and O–H groups in total. The summed E-state index contributed by atoms with van der Waals surface area (Å²) in [5.41, 5.74) is -2.74. The Morgan fingerprint density at radius 3 is 2.22 bits per heavy atom. The van der Waals surface area contributed by atoms with Crippen molar-refractivity contribution in [3.63, 3.8) is 0 Å². The normalized spacial score (nSPS) is 11.1. The molecule has 0 aromatic carbocycles. The van der Waals surface area contributed by atoms with Crippen molar-refractivity contribution in [1.29, 1.82) is 0 Å². The number of hydrogen-bond acceptors (Lipinski definition) is 8. The Morgan fingerprint density at radius 1 is 1.19 bits per heavy atom. The van der Waals surface area contributed by atoms with Crippen LogP contribution in [-0.2, 0) is 48.2 Å². The fourth-order valence-corrected chi connectivity index (χ4v) is 2.87. The maximum atomic E-state index is 12.7. The number of rotatable bonds is 10. The van der Waals surface area contributed by atoms with Crippen LogP contribution in [-0.4, -0.2) is 54.8 Å². The van der Waals surface area contributed by atoms with Gasteiger partial charge in [0.05, 0.1) is 19.8 Å². The summed E-state index contributed by atoms with van der Waals surface area (Å²) in [6.45, 7) is 0.981. The molecular formula is C16H23BrN2O8. The van der Waals surface area contributed by atoms with Gasteiger partial charge in [-0.15, -0.1) is 4.74 Å². The van der Waals surface area contributed by atoms with Crippen LogP contribution < -0.4 is 10.9 Å². The lowest BCUT2D eigenvalue weighted by molar-refractivity contribution is -0.165. The van der Waals surface area contributed by atoms with Gasteiger partial charge in [-0.2, -0.15) is 0 Å². The molecule has 1 rings (SSSR count). The molecule has 11 heteroatoms. The Kier molecular flexibility index (Phi) is 8.70. The molecule has 0 aliphatic heterocycles. The molecular weight excluding hydrogens is 428 g/mol. The van der Waals surface area contributed by atoms with Crippen molar-refractivity contribution in [2.24, 2.45) is 0 Å². The quantitative estimate of drug-likeness (QED) is 0.303. The number of halogens is 1. The Hall–Kier alpha value is -2.14. The Bertz CT molecular complexity index is 723. The van der Waals surface area contributed by atoms with Gasteiger partial charge in [0.1, 0.15) is 5.76 Å². The number of methoxy groups -OCH3 is 3. The van der Waals surface area contributed by atoms with E-state index in [1.54, 1.807) is 0 Å². The van der Waals surface area contributed by atoms with E-state index in [4.69, 9.17) is 18.7 Å². The fraction of sp³-hybridized carbons (Fsp3) is 0.625. The van der Waals surface area contributed by atoms with Gasteiger partial charge in [0, 0.05) is 32.2 Å². The number of carbonyl (C=O) groups excluding carboxylic acids is 3. The van der Waals surface area contributed by atoms with E-state index in [-0.39, 0.29) is 18.1 Å². The minimum atomic E-state index is -2.22. The molecule has 0 saturated heterocycles. The molecule has 0 radical (unpaired) electrons. The number of aryl methyl sites for hydroxylation is 1. The fourth-order valence-electron chi connectivity index (χ4n) is 2.59. The Morgan fingerprint density at radius 2 is 1.78 bits per heavy atom. The molecule has 1 amide bonds. The van der Waals surface area contributed by atoms with Crippen LogP contribution >= 0.6 is 15.9 Å². The number of carbonyl (C=O) groups is 3. The van der Waals surface area contributed by atoms with E-state index in [0.29, 0.717) is 18.2 Å². The smallest absolute Gasteiger partial charge is 0.343 e. The molecule has 10 nitrogen and oxygen atoms in total. The predicted molar refractivity (Wildman–Crippen MR) is 96.4 cm³/mol. The topological polar surface area (TPSA) is 126 Å². The van der Waals surface area contributed by atoms with Crippen molar-refractivity contribution in [2.75, 3.05) is 26.7 Å². The molecule has 152 valence electrons. The summed E-state index contributed by atoms with van der Waals surface area (Å²) < 4.78 is 20.8. The maximum absolute atomic E-state index is 12.7. The van der Waals surface area contributed by atoms with E-state index in [2.05, 4.69) is 21.2 Å². The first-order valence-electron chi connectivity index (χ1n) is 7.99. The number of esters is 2. The monoisotopic (exact) mass is 450 g/mol. The second-order valence-corrected chi connectivity index (χ2v) is 6.43. The van der Waals surface area contributed by atoms with Crippen molar-refractivity contribution in [1.82, 2.24) is 10.1 Å². The first-order chi connectivity index (χ1) is 12.8. The lowest BCUT2D eigenvalue weighted by Gasteiger charge is -2.28. The van der Waals surface area contributed by atoms with Gasteiger partial charge in [-0.05, 0) is 6.42 Å². The zero-order valence-corrected chi connectivity index (χ0v) is 17.2. The Balaban J connectivity index is 3.54. The highest BCUT2D eigenvalue weighted by molar-refractivity contribution is 9.09. The molecule has 1 aromatic rings. The number of nitrogens with one attached hydrogen (secondary N) is 1. The van der Waals surface area contributed by atoms with Crippen molar-refractivity contribution in [3.8, 4) is 0 Å². The number of ether oxygens (including phenoxy) is 3. The molecule has 0 saturated carbocycles. The van der Waals surface area contributed by atoms with Gasteiger partial charge in [0.25, 0.3) is 5.56 Å². The van der Waals surface area contributed by atoms with E-state index in [1.807, 2.05) is 0 Å². The molecule has 0 atom stereocenters. The molecule has 27 heavy (non-hydrogen) atoms. The maximum Gasteiger partial charge on any atom is 0.343 e. The summed E-state index contributed by atoms with van der Waals surface area (Å²) in [5, 5.41) is 2.93. The highest BCUT2D eigenvalue weighted by Crippen LogP contribution is 2.21. The third-order valence-electron chi connectivity index (χ3n) is 3.72. The highest BCUT2D eigenvalue weighted by atomic mass is 79.9. The third-order valence-corrected chi connectivity index (χ3v) is 4.29. The van der Waals surface area contributed by atoms with E-state index in [1.165, 1.54) is 7.11 Å². The largest absolute Gasteiger partial charge is 0.467 e. The van der Waals surface area contributed by atoms with Gasteiger partial charge >= 0.3 is 11.9 Å². The van der Waals surface area contributed by atoms with E-state index < -0.39 is 35.4 Å². The third kappa shape index (κ3) is 5.19.